The molecule has 108 valence electrons. The molecule has 0 spiro atoms. The third kappa shape index (κ3) is 3.98. The van der Waals surface area contributed by atoms with Crippen LogP contribution in [0.25, 0.3) is 0 Å². The van der Waals surface area contributed by atoms with Gasteiger partial charge in [0.15, 0.2) is 0 Å². The van der Waals surface area contributed by atoms with Crippen LogP contribution in [0.2, 0.25) is 4.34 Å². The second-order valence-corrected chi connectivity index (χ2v) is 7.16. The molecule has 0 aliphatic heterocycles. The Morgan fingerprint density at radius 2 is 2.05 bits per heavy atom. The zero-order valence-corrected chi connectivity index (χ0v) is 13.8. The van der Waals surface area contributed by atoms with E-state index in [-0.39, 0.29) is 6.04 Å². The van der Waals surface area contributed by atoms with Crippen LogP contribution in [-0.4, -0.2) is 13.1 Å². The maximum atomic E-state index is 5.98. The first-order valence-corrected chi connectivity index (χ1v) is 7.95. The van der Waals surface area contributed by atoms with Gasteiger partial charge in [-0.15, -0.1) is 11.3 Å². The first-order chi connectivity index (χ1) is 9.45. The Bertz CT molecular complexity index is 578. The molecule has 2 N–H and O–H groups in total. The topological polar surface area (TPSA) is 29.3 Å². The number of benzene rings is 1. The molecule has 0 aliphatic rings. The summed E-state index contributed by atoms with van der Waals surface area (Å²) in [5.41, 5.74) is 9.69. The number of halogens is 1. The van der Waals surface area contributed by atoms with Crippen LogP contribution in [0.1, 0.15) is 22.9 Å². The molecule has 1 heterocycles. The highest BCUT2D eigenvalue weighted by molar-refractivity contribution is 7.16. The maximum Gasteiger partial charge on any atom is 0.0931 e. The molecule has 0 saturated heterocycles. The molecule has 2 nitrogen and oxygen atoms in total. The van der Waals surface area contributed by atoms with Crippen molar-refractivity contribution < 1.29 is 0 Å². The summed E-state index contributed by atoms with van der Waals surface area (Å²) in [5, 5.41) is 0. The largest absolute Gasteiger partial charge is 0.369 e. The number of hydrogen-bond donors (Lipinski definition) is 1. The number of thiophene rings is 1. The van der Waals surface area contributed by atoms with Crippen LogP contribution in [0.15, 0.2) is 30.3 Å². The van der Waals surface area contributed by atoms with Crippen molar-refractivity contribution in [3.63, 3.8) is 0 Å². The summed E-state index contributed by atoms with van der Waals surface area (Å²) in [7, 11) is 2.11. The standard InChI is InChI=1S/C16H21ClN2S/c1-11-8-13(9-12(2)18)4-6-15(11)19(3)10-14-5-7-16(17)20-14/h4-8,12H,9-10,18H2,1-3H3. The third-order valence-electron chi connectivity index (χ3n) is 3.25. The summed E-state index contributed by atoms with van der Waals surface area (Å²) in [5.74, 6) is 0. The molecule has 0 fully saturated rings. The van der Waals surface area contributed by atoms with Gasteiger partial charge in [0, 0.05) is 23.7 Å². The molecule has 0 saturated carbocycles. The van der Waals surface area contributed by atoms with E-state index in [1.165, 1.54) is 21.7 Å². The lowest BCUT2D eigenvalue weighted by Gasteiger charge is -2.21. The van der Waals surface area contributed by atoms with Gasteiger partial charge < -0.3 is 10.6 Å². The highest BCUT2D eigenvalue weighted by atomic mass is 35.5. The first-order valence-electron chi connectivity index (χ1n) is 6.76. The van der Waals surface area contributed by atoms with Crippen LogP contribution in [-0.2, 0) is 13.0 Å². The Hall–Kier alpha value is -1.03. The molecule has 2 rings (SSSR count). The minimum atomic E-state index is 0.200. The van der Waals surface area contributed by atoms with Gasteiger partial charge in [0.1, 0.15) is 0 Å². The van der Waals surface area contributed by atoms with E-state index in [1.54, 1.807) is 11.3 Å². The molecular formula is C16H21ClN2S. The van der Waals surface area contributed by atoms with Gasteiger partial charge in [0.2, 0.25) is 0 Å². The Morgan fingerprint density at radius 1 is 1.30 bits per heavy atom. The van der Waals surface area contributed by atoms with Gasteiger partial charge >= 0.3 is 0 Å². The van der Waals surface area contributed by atoms with Crippen molar-refractivity contribution in [1.29, 1.82) is 0 Å². The molecular weight excluding hydrogens is 288 g/mol. The zero-order valence-electron chi connectivity index (χ0n) is 12.2. The molecule has 2 aromatic rings. The van der Waals surface area contributed by atoms with Crippen molar-refractivity contribution >= 4 is 28.6 Å². The van der Waals surface area contributed by atoms with Gasteiger partial charge in [-0.2, -0.15) is 0 Å². The van der Waals surface area contributed by atoms with Crippen molar-refractivity contribution in [3.8, 4) is 0 Å². The fourth-order valence-electron chi connectivity index (χ4n) is 2.40. The zero-order chi connectivity index (χ0) is 14.7. The molecule has 0 amide bonds. The average molecular weight is 309 g/mol. The van der Waals surface area contributed by atoms with Gasteiger partial charge in [-0.25, -0.2) is 0 Å². The van der Waals surface area contributed by atoms with E-state index in [0.29, 0.717) is 0 Å². The Morgan fingerprint density at radius 3 is 2.60 bits per heavy atom. The molecule has 4 heteroatoms. The summed E-state index contributed by atoms with van der Waals surface area (Å²) in [6.45, 7) is 5.07. The molecule has 1 aromatic carbocycles. The SMILES string of the molecule is Cc1cc(CC(C)N)ccc1N(C)Cc1ccc(Cl)s1. The van der Waals surface area contributed by atoms with Crippen molar-refractivity contribution in [3.05, 3.63) is 50.7 Å². The number of hydrogen-bond acceptors (Lipinski definition) is 3. The third-order valence-corrected chi connectivity index (χ3v) is 4.47. The Balaban J connectivity index is 2.11. The summed E-state index contributed by atoms with van der Waals surface area (Å²) in [6.07, 6.45) is 0.922. The molecule has 1 aromatic heterocycles. The first kappa shape index (κ1) is 15.4. The molecule has 1 atom stereocenters. The van der Waals surface area contributed by atoms with Gasteiger partial charge in [0.25, 0.3) is 0 Å². The van der Waals surface area contributed by atoms with Crippen LogP contribution >= 0.6 is 22.9 Å². The lowest BCUT2D eigenvalue weighted by molar-refractivity contribution is 0.737. The minimum Gasteiger partial charge on any atom is -0.369 e. The van der Waals surface area contributed by atoms with E-state index in [2.05, 4.69) is 43.1 Å². The Labute approximate surface area is 130 Å². The van der Waals surface area contributed by atoms with Crippen molar-refractivity contribution in [2.75, 3.05) is 11.9 Å². The predicted octanol–water partition coefficient (Wildman–Crippen LogP) is 4.24. The summed E-state index contributed by atoms with van der Waals surface area (Å²) >= 11 is 7.61. The van der Waals surface area contributed by atoms with E-state index in [4.69, 9.17) is 17.3 Å². The van der Waals surface area contributed by atoms with Crippen LogP contribution in [0.5, 0.6) is 0 Å². The van der Waals surface area contributed by atoms with Gasteiger partial charge in [-0.05, 0) is 49.6 Å². The van der Waals surface area contributed by atoms with Crippen LogP contribution < -0.4 is 10.6 Å². The van der Waals surface area contributed by atoms with Crippen molar-refractivity contribution in [1.82, 2.24) is 0 Å². The van der Waals surface area contributed by atoms with Crippen molar-refractivity contribution in [2.24, 2.45) is 5.73 Å². The number of rotatable bonds is 5. The Kier molecular flexibility index (Phi) is 5.08. The van der Waals surface area contributed by atoms with E-state index in [9.17, 15) is 0 Å². The van der Waals surface area contributed by atoms with E-state index >= 15 is 0 Å². The monoisotopic (exact) mass is 308 g/mol. The second kappa shape index (κ2) is 6.61. The predicted molar refractivity (Wildman–Crippen MR) is 90.0 cm³/mol. The average Bonchev–Trinajstić information content (AvgIpc) is 2.73. The molecule has 0 bridgehead atoms. The van der Waals surface area contributed by atoms with Gasteiger partial charge in [-0.3, -0.25) is 0 Å². The van der Waals surface area contributed by atoms with E-state index in [1.807, 2.05) is 13.0 Å². The number of aryl methyl sites for hydroxylation is 1. The van der Waals surface area contributed by atoms with Crippen LogP contribution in [0, 0.1) is 6.92 Å². The smallest absolute Gasteiger partial charge is 0.0931 e. The maximum absolute atomic E-state index is 5.98. The number of anilines is 1. The molecule has 20 heavy (non-hydrogen) atoms. The fraction of sp³-hybridized carbons (Fsp3) is 0.375. The van der Waals surface area contributed by atoms with E-state index in [0.717, 1.165) is 17.3 Å². The summed E-state index contributed by atoms with van der Waals surface area (Å²) in [4.78, 5) is 3.53. The molecule has 0 aliphatic carbocycles. The highest BCUT2D eigenvalue weighted by Crippen LogP contribution is 2.26. The quantitative estimate of drug-likeness (QED) is 0.895. The second-order valence-electron chi connectivity index (χ2n) is 5.36. The van der Waals surface area contributed by atoms with Crippen LogP contribution in [0.3, 0.4) is 0 Å². The lowest BCUT2D eigenvalue weighted by Crippen LogP contribution is -2.19. The molecule has 1 unspecified atom stereocenters. The highest BCUT2D eigenvalue weighted by Gasteiger charge is 2.08. The normalized spacial score (nSPS) is 12.4. The summed E-state index contributed by atoms with van der Waals surface area (Å²) in [6, 6.07) is 10.8. The van der Waals surface area contributed by atoms with E-state index < -0.39 is 0 Å². The van der Waals surface area contributed by atoms with Crippen molar-refractivity contribution in [2.45, 2.75) is 32.9 Å². The fourth-order valence-corrected chi connectivity index (χ4v) is 3.54. The number of nitrogens with two attached hydrogens (primary N) is 1. The minimum absolute atomic E-state index is 0.200. The van der Waals surface area contributed by atoms with Gasteiger partial charge in [0.05, 0.1) is 10.9 Å². The molecule has 0 radical (unpaired) electrons. The van der Waals surface area contributed by atoms with Gasteiger partial charge in [-0.1, -0.05) is 23.7 Å². The summed E-state index contributed by atoms with van der Waals surface area (Å²) < 4.78 is 0.845. The number of nitrogens with zero attached hydrogens (tertiary/aromatic N) is 1. The lowest BCUT2D eigenvalue weighted by atomic mass is 10.0. The van der Waals surface area contributed by atoms with Crippen LogP contribution in [0.4, 0.5) is 5.69 Å².